The molecule has 1 N–H and O–H groups in total. The van der Waals surface area contributed by atoms with Crippen LogP contribution in [0.2, 0.25) is 0 Å². The Bertz CT molecular complexity index is 508. The van der Waals surface area contributed by atoms with Crippen LogP contribution in [0.3, 0.4) is 0 Å². The van der Waals surface area contributed by atoms with E-state index in [-0.39, 0.29) is 0 Å². The Morgan fingerprint density at radius 1 is 1.26 bits per heavy atom. The topological polar surface area (TPSA) is 49.4 Å². The average molecular weight is 303 g/mol. The maximum atomic E-state index is 12.2. The number of hydrogen-bond acceptors (Lipinski definition) is 2. The summed E-state index contributed by atoms with van der Waals surface area (Å²) in [6.45, 7) is 3.34. The van der Waals surface area contributed by atoms with Gasteiger partial charge in [-0.3, -0.25) is 4.72 Å². The van der Waals surface area contributed by atoms with Gasteiger partial charge in [-0.1, -0.05) is 19.1 Å². The standard InChI is InChI=1S/C13H19ClN2O2S/c1-11-6-8-16(9-7-11)19(17,18)15-13-4-2-12(10-14)3-5-13/h2-5,11,15H,6-10H2,1H3. The predicted molar refractivity (Wildman–Crippen MR) is 78.5 cm³/mol. The summed E-state index contributed by atoms with van der Waals surface area (Å²) in [5, 5.41) is 0. The van der Waals surface area contributed by atoms with Crippen LogP contribution >= 0.6 is 11.6 Å². The normalized spacial score (nSPS) is 18.4. The van der Waals surface area contributed by atoms with Crippen molar-refractivity contribution in [1.82, 2.24) is 4.31 Å². The highest BCUT2D eigenvalue weighted by atomic mass is 35.5. The van der Waals surface area contributed by atoms with Crippen molar-refractivity contribution in [2.75, 3.05) is 17.8 Å². The lowest BCUT2D eigenvalue weighted by atomic mass is 10.0. The molecule has 1 saturated heterocycles. The van der Waals surface area contributed by atoms with Crippen molar-refractivity contribution >= 4 is 27.5 Å². The minimum Gasteiger partial charge on any atom is -0.271 e. The number of halogens is 1. The summed E-state index contributed by atoms with van der Waals surface area (Å²) in [7, 11) is -3.43. The molecular formula is C13H19ClN2O2S. The Kier molecular flexibility index (Phi) is 4.71. The van der Waals surface area contributed by atoms with Gasteiger partial charge in [-0.25, -0.2) is 0 Å². The van der Waals surface area contributed by atoms with E-state index < -0.39 is 10.2 Å². The number of piperidine rings is 1. The number of nitrogens with one attached hydrogen (secondary N) is 1. The van der Waals surface area contributed by atoms with Crippen molar-refractivity contribution in [1.29, 1.82) is 0 Å². The highest BCUT2D eigenvalue weighted by Gasteiger charge is 2.26. The molecule has 1 aliphatic heterocycles. The number of benzene rings is 1. The molecule has 19 heavy (non-hydrogen) atoms. The van der Waals surface area contributed by atoms with E-state index >= 15 is 0 Å². The molecule has 0 bridgehead atoms. The number of nitrogens with zero attached hydrogens (tertiary/aromatic N) is 1. The third-order valence-corrected chi connectivity index (χ3v) is 5.28. The molecule has 0 amide bonds. The fraction of sp³-hybridized carbons (Fsp3) is 0.538. The zero-order chi connectivity index (χ0) is 13.9. The Hall–Kier alpha value is -0.780. The maximum Gasteiger partial charge on any atom is 0.301 e. The quantitative estimate of drug-likeness (QED) is 0.870. The minimum absolute atomic E-state index is 0.428. The lowest BCUT2D eigenvalue weighted by molar-refractivity contribution is 0.289. The van der Waals surface area contributed by atoms with Gasteiger partial charge in [-0.05, 0) is 36.5 Å². The maximum absolute atomic E-state index is 12.2. The van der Waals surface area contributed by atoms with Gasteiger partial charge in [0.05, 0.1) is 0 Å². The first-order chi connectivity index (χ1) is 9.01. The molecule has 0 spiro atoms. The summed E-state index contributed by atoms with van der Waals surface area (Å²) in [4.78, 5) is 0. The third-order valence-electron chi connectivity index (χ3n) is 3.44. The molecule has 0 saturated carbocycles. The largest absolute Gasteiger partial charge is 0.301 e. The van der Waals surface area contributed by atoms with Crippen molar-refractivity contribution in [2.24, 2.45) is 5.92 Å². The lowest BCUT2D eigenvalue weighted by Crippen LogP contribution is -2.41. The highest BCUT2D eigenvalue weighted by molar-refractivity contribution is 7.90. The molecule has 1 heterocycles. The molecule has 1 aliphatic rings. The Morgan fingerprint density at radius 3 is 2.37 bits per heavy atom. The van der Waals surface area contributed by atoms with Gasteiger partial charge >= 0.3 is 10.2 Å². The van der Waals surface area contributed by atoms with E-state index in [9.17, 15) is 8.42 Å². The van der Waals surface area contributed by atoms with Crippen LogP contribution in [0, 0.1) is 5.92 Å². The van der Waals surface area contributed by atoms with E-state index in [0.717, 1.165) is 18.4 Å². The van der Waals surface area contributed by atoms with Gasteiger partial charge in [0, 0.05) is 24.7 Å². The van der Waals surface area contributed by atoms with Gasteiger partial charge in [0.15, 0.2) is 0 Å². The van der Waals surface area contributed by atoms with Crippen molar-refractivity contribution in [3.63, 3.8) is 0 Å². The van der Waals surface area contributed by atoms with E-state index in [4.69, 9.17) is 11.6 Å². The number of hydrogen-bond donors (Lipinski definition) is 1. The highest BCUT2D eigenvalue weighted by Crippen LogP contribution is 2.20. The van der Waals surface area contributed by atoms with Crippen molar-refractivity contribution < 1.29 is 8.42 Å². The summed E-state index contributed by atoms with van der Waals surface area (Å²) < 4.78 is 28.5. The monoisotopic (exact) mass is 302 g/mol. The lowest BCUT2D eigenvalue weighted by Gasteiger charge is -2.29. The van der Waals surface area contributed by atoms with Crippen LogP contribution < -0.4 is 4.72 Å². The van der Waals surface area contributed by atoms with Gasteiger partial charge in [-0.2, -0.15) is 12.7 Å². The zero-order valence-electron chi connectivity index (χ0n) is 11.0. The van der Waals surface area contributed by atoms with E-state index in [1.807, 2.05) is 12.1 Å². The number of anilines is 1. The summed E-state index contributed by atoms with van der Waals surface area (Å²) in [6, 6.07) is 7.12. The van der Waals surface area contributed by atoms with Gasteiger partial charge in [0.2, 0.25) is 0 Å². The minimum atomic E-state index is -3.43. The average Bonchev–Trinajstić information content (AvgIpc) is 2.40. The Balaban J connectivity index is 2.03. The summed E-state index contributed by atoms with van der Waals surface area (Å²) in [5.41, 5.74) is 1.55. The molecule has 106 valence electrons. The number of rotatable bonds is 4. The molecule has 6 heteroatoms. The summed E-state index contributed by atoms with van der Waals surface area (Å²) in [6.07, 6.45) is 1.85. The van der Waals surface area contributed by atoms with Crippen LogP contribution in [-0.4, -0.2) is 25.8 Å². The molecule has 2 rings (SSSR count). The first-order valence-corrected chi connectivity index (χ1v) is 8.41. The van der Waals surface area contributed by atoms with Crippen LogP contribution in [0.25, 0.3) is 0 Å². The molecule has 1 aromatic rings. The van der Waals surface area contributed by atoms with E-state index in [1.165, 1.54) is 4.31 Å². The smallest absolute Gasteiger partial charge is 0.271 e. The molecule has 0 unspecified atom stereocenters. The van der Waals surface area contributed by atoms with Crippen molar-refractivity contribution in [3.8, 4) is 0 Å². The van der Waals surface area contributed by atoms with Crippen molar-refractivity contribution in [3.05, 3.63) is 29.8 Å². The van der Waals surface area contributed by atoms with Crippen LogP contribution in [0.1, 0.15) is 25.3 Å². The number of alkyl halides is 1. The van der Waals surface area contributed by atoms with Gasteiger partial charge in [0.1, 0.15) is 0 Å². The predicted octanol–water partition coefficient (Wildman–Crippen LogP) is 2.81. The Labute approximate surface area is 119 Å². The molecule has 4 nitrogen and oxygen atoms in total. The fourth-order valence-corrected chi connectivity index (χ4v) is 3.53. The molecule has 0 aromatic heterocycles. The van der Waals surface area contributed by atoms with Crippen LogP contribution in [0.4, 0.5) is 5.69 Å². The van der Waals surface area contributed by atoms with E-state index in [0.29, 0.717) is 30.6 Å². The SMILES string of the molecule is CC1CCN(S(=O)(=O)Nc2ccc(CCl)cc2)CC1. The van der Waals surface area contributed by atoms with Crippen LogP contribution in [0.5, 0.6) is 0 Å². The molecule has 0 aliphatic carbocycles. The Morgan fingerprint density at radius 2 is 1.84 bits per heavy atom. The second-order valence-corrected chi connectivity index (χ2v) is 6.96. The molecular weight excluding hydrogens is 284 g/mol. The molecule has 1 fully saturated rings. The summed E-state index contributed by atoms with van der Waals surface area (Å²) in [5.74, 6) is 1.03. The first-order valence-electron chi connectivity index (χ1n) is 6.44. The third kappa shape index (κ3) is 3.84. The van der Waals surface area contributed by atoms with Gasteiger partial charge in [0.25, 0.3) is 0 Å². The zero-order valence-corrected chi connectivity index (χ0v) is 12.5. The second kappa shape index (κ2) is 6.11. The molecule has 0 atom stereocenters. The van der Waals surface area contributed by atoms with E-state index in [2.05, 4.69) is 11.6 Å². The fourth-order valence-electron chi connectivity index (χ4n) is 2.10. The summed E-state index contributed by atoms with van der Waals surface area (Å²) >= 11 is 5.70. The van der Waals surface area contributed by atoms with Gasteiger partial charge < -0.3 is 0 Å². The second-order valence-electron chi connectivity index (χ2n) is 5.02. The molecule has 0 radical (unpaired) electrons. The van der Waals surface area contributed by atoms with Crippen molar-refractivity contribution in [2.45, 2.75) is 25.6 Å². The first kappa shape index (κ1) is 14.6. The molecule has 1 aromatic carbocycles. The van der Waals surface area contributed by atoms with Gasteiger partial charge in [-0.15, -0.1) is 11.6 Å². The van der Waals surface area contributed by atoms with E-state index in [1.54, 1.807) is 12.1 Å². The van der Waals surface area contributed by atoms with Crippen LogP contribution in [-0.2, 0) is 16.1 Å². The van der Waals surface area contributed by atoms with Crippen LogP contribution in [0.15, 0.2) is 24.3 Å².